The van der Waals surface area contributed by atoms with Gasteiger partial charge in [-0.2, -0.15) is 0 Å². The summed E-state index contributed by atoms with van der Waals surface area (Å²) in [7, 11) is 0. The van der Waals surface area contributed by atoms with Crippen LogP contribution in [0.3, 0.4) is 0 Å². The second kappa shape index (κ2) is 8.13. The maximum Gasteiger partial charge on any atom is 0.252 e. The number of amides is 1. The van der Waals surface area contributed by atoms with Gasteiger partial charge in [-0.15, -0.1) is 0 Å². The molecule has 3 rings (SSSR count). The van der Waals surface area contributed by atoms with E-state index in [0.717, 1.165) is 30.6 Å². The molecule has 1 heterocycles. The molecular formula is C20H20ClNO2. The number of carbonyl (C=O) groups is 1. The molecule has 1 N–H and O–H groups in total. The summed E-state index contributed by atoms with van der Waals surface area (Å²) in [4.78, 5) is 12.7. The zero-order chi connectivity index (χ0) is 16.8. The van der Waals surface area contributed by atoms with Gasteiger partial charge in [0.1, 0.15) is 0 Å². The molecule has 1 aliphatic rings. The SMILES string of the molecule is O=C(NCC1CCCO1)/C(=C/c1ccccc1Cl)c1ccccc1. The highest BCUT2D eigenvalue weighted by Crippen LogP contribution is 2.23. The summed E-state index contributed by atoms with van der Waals surface area (Å²) in [5.41, 5.74) is 2.29. The molecule has 2 aromatic rings. The van der Waals surface area contributed by atoms with Gasteiger partial charge in [0.25, 0.3) is 5.91 Å². The molecule has 0 aromatic heterocycles. The average Bonchev–Trinajstić information content (AvgIpc) is 3.13. The van der Waals surface area contributed by atoms with Gasteiger partial charge in [0.05, 0.1) is 6.10 Å². The van der Waals surface area contributed by atoms with E-state index < -0.39 is 0 Å². The first kappa shape index (κ1) is 16.7. The Morgan fingerprint density at radius 2 is 1.92 bits per heavy atom. The van der Waals surface area contributed by atoms with Gasteiger partial charge in [-0.3, -0.25) is 4.79 Å². The Morgan fingerprint density at radius 3 is 2.62 bits per heavy atom. The van der Waals surface area contributed by atoms with Crippen LogP contribution in [0.2, 0.25) is 5.02 Å². The normalized spacial score (nSPS) is 17.7. The first-order valence-corrected chi connectivity index (χ1v) is 8.53. The van der Waals surface area contributed by atoms with E-state index in [0.29, 0.717) is 17.1 Å². The minimum atomic E-state index is -0.114. The first-order valence-electron chi connectivity index (χ1n) is 8.15. The summed E-state index contributed by atoms with van der Waals surface area (Å²) >= 11 is 6.24. The van der Waals surface area contributed by atoms with E-state index in [9.17, 15) is 4.79 Å². The molecule has 1 fully saturated rings. The van der Waals surface area contributed by atoms with Crippen molar-refractivity contribution in [3.8, 4) is 0 Å². The maximum atomic E-state index is 12.7. The van der Waals surface area contributed by atoms with Gasteiger partial charge in [-0.25, -0.2) is 0 Å². The van der Waals surface area contributed by atoms with E-state index in [1.165, 1.54) is 0 Å². The van der Waals surface area contributed by atoms with E-state index >= 15 is 0 Å². The molecule has 3 nitrogen and oxygen atoms in total. The van der Waals surface area contributed by atoms with Crippen LogP contribution in [0.15, 0.2) is 54.6 Å². The van der Waals surface area contributed by atoms with E-state index in [1.54, 1.807) is 0 Å². The van der Waals surface area contributed by atoms with Crippen molar-refractivity contribution >= 4 is 29.2 Å². The highest BCUT2D eigenvalue weighted by atomic mass is 35.5. The van der Waals surface area contributed by atoms with Crippen molar-refractivity contribution in [2.24, 2.45) is 0 Å². The van der Waals surface area contributed by atoms with E-state index in [-0.39, 0.29) is 12.0 Å². The Balaban J connectivity index is 1.84. The summed E-state index contributed by atoms with van der Waals surface area (Å²) in [5, 5.41) is 3.61. The second-order valence-electron chi connectivity index (χ2n) is 5.79. The lowest BCUT2D eigenvalue weighted by Crippen LogP contribution is -2.32. The molecule has 24 heavy (non-hydrogen) atoms. The third-order valence-corrected chi connectivity index (χ3v) is 4.39. The number of benzene rings is 2. The summed E-state index contributed by atoms with van der Waals surface area (Å²) in [5.74, 6) is -0.114. The van der Waals surface area contributed by atoms with E-state index in [2.05, 4.69) is 5.32 Å². The molecule has 1 saturated heterocycles. The Hall–Kier alpha value is -2.10. The molecule has 0 aliphatic carbocycles. The molecule has 0 spiro atoms. The number of carbonyl (C=O) groups excluding carboxylic acids is 1. The molecule has 0 saturated carbocycles. The molecule has 1 amide bonds. The molecule has 4 heteroatoms. The highest BCUT2D eigenvalue weighted by molar-refractivity contribution is 6.33. The minimum absolute atomic E-state index is 0.114. The van der Waals surface area contributed by atoms with E-state index in [1.807, 2.05) is 60.7 Å². The summed E-state index contributed by atoms with van der Waals surface area (Å²) in [6.45, 7) is 1.31. The summed E-state index contributed by atoms with van der Waals surface area (Å²) < 4.78 is 5.57. The molecule has 0 bridgehead atoms. The van der Waals surface area contributed by atoms with Gasteiger partial charge >= 0.3 is 0 Å². The molecule has 1 aliphatic heterocycles. The predicted octanol–water partition coefficient (Wildman–Crippen LogP) is 4.18. The van der Waals surface area contributed by atoms with Crippen LogP contribution >= 0.6 is 11.6 Å². The third kappa shape index (κ3) is 4.25. The quantitative estimate of drug-likeness (QED) is 0.654. The molecular weight excluding hydrogens is 322 g/mol. The van der Waals surface area contributed by atoms with Crippen LogP contribution in [0.25, 0.3) is 11.6 Å². The van der Waals surface area contributed by atoms with Gasteiger partial charge in [-0.05, 0) is 36.1 Å². The predicted molar refractivity (Wildman–Crippen MR) is 97.7 cm³/mol. The summed E-state index contributed by atoms with van der Waals surface area (Å²) in [6.07, 6.45) is 4.01. The highest BCUT2D eigenvalue weighted by Gasteiger charge is 2.18. The fraction of sp³-hybridized carbons (Fsp3) is 0.250. The minimum Gasteiger partial charge on any atom is -0.376 e. The molecule has 1 unspecified atom stereocenters. The third-order valence-electron chi connectivity index (χ3n) is 4.05. The number of nitrogens with one attached hydrogen (secondary N) is 1. The van der Waals surface area contributed by atoms with Crippen molar-refractivity contribution in [3.05, 3.63) is 70.7 Å². The van der Waals surface area contributed by atoms with Gasteiger partial charge in [-0.1, -0.05) is 60.1 Å². The van der Waals surface area contributed by atoms with Gasteiger partial charge < -0.3 is 10.1 Å². The standard InChI is InChI=1S/C20H20ClNO2/c21-19-11-5-4-9-16(19)13-18(15-7-2-1-3-8-15)20(23)22-14-17-10-6-12-24-17/h1-5,7-9,11,13,17H,6,10,12,14H2,(H,22,23)/b18-13+. The zero-order valence-electron chi connectivity index (χ0n) is 13.4. The Labute approximate surface area is 147 Å². The molecule has 2 aromatic carbocycles. The van der Waals surface area contributed by atoms with Gasteiger partial charge in [0, 0.05) is 23.7 Å². The Bertz CT molecular complexity index is 721. The molecule has 0 radical (unpaired) electrons. The van der Waals surface area contributed by atoms with Crippen molar-refractivity contribution in [1.82, 2.24) is 5.32 Å². The monoisotopic (exact) mass is 341 g/mol. The van der Waals surface area contributed by atoms with Crippen LogP contribution < -0.4 is 5.32 Å². The smallest absolute Gasteiger partial charge is 0.252 e. The fourth-order valence-electron chi connectivity index (χ4n) is 2.75. The maximum absolute atomic E-state index is 12.7. The lowest BCUT2D eigenvalue weighted by atomic mass is 10.0. The van der Waals surface area contributed by atoms with Crippen LogP contribution in [-0.2, 0) is 9.53 Å². The first-order chi connectivity index (χ1) is 11.7. The lowest BCUT2D eigenvalue weighted by molar-refractivity contribution is -0.116. The number of hydrogen-bond acceptors (Lipinski definition) is 2. The van der Waals surface area contributed by atoms with Crippen LogP contribution in [0.4, 0.5) is 0 Å². The van der Waals surface area contributed by atoms with Crippen molar-refractivity contribution in [3.63, 3.8) is 0 Å². The van der Waals surface area contributed by atoms with Crippen LogP contribution in [0, 0.1) is 0 Å². The van der Waals surface area contributed by atoms with Crippen molar-refractivity contribution in [2.45, 2.75) is 18.9 Å². The van der Waals surface area contributed by atoms with E-state index in [4.69, 9.17) is 16.3 Å². The van der Waals surface area contributed by atoms with Crippen molar-refractivity contribution in [2.75, 3.05) is 13.2 Å². The van der Waals surface area contributed by atoms with Crippen molar-refractivity contribution < 1.29 is 9.53 Å². The fourth-order valence-corrected chi connectivity index (χ4v) is 2.94. The number of hydrogen-bond donors (Lipinski definition) is 1. The van der Waals surface area contributed by atoms with Gasteiger partial charge in [0.15, 0.2) is 0 Å². The summed E-state index contributed by atoms with van der Waals surface area (Å²) in [6, 6.07) is 17.1. The van der Waals surface area contributed by atoms with Crippen LogP contribution in [0.5, 0.6) is 0 Å². The number of rotatable bonds is 5. The van der Waals surface area contributed by atoms with Gasteiger partial charge in [0.2, 0.25) is 0 Å². The number of halogens is 1. The van der Waals surface area contributed by atoms with Crippen LogP contribution in [-0.4, -0.2) is 25.2 Å². The molecule has 124 valence electrons. The van der Waals surface area contributed by atoms with Crippen molar-refractivity contribution in [1.29, 1.82) is 0 Å². The van der Waals surface area contributed by atoms with Crippen LogP contribution in [0.1, 0.15) is 24.0 Å². The molecule has 1 atom stereocenters. The number of ether oxygens (including phenoxy) is 1. The Morgan fingerprint density at radius 1 is 1.17 bits per heavy atom. The average molecular weight is 342 g/mol. The Kier molecular flexibility index (Phi) is 5.68. The topological polar surface area (TPSA) is 38.3 Å². The largest absolute Gasteiger partial charge is 0.376 e. The zero-order valence-corrected chi connectivity index (χ0v) is 14.1. The second-order valence-corrected chi connectivity index (χ2v) is 6.20. The lowest BCUT2D eigenvalue weighted by Gasteiger charge is -2.13.